The summed E-state index contributed by atoms with van der Waals surface area (Å²) in [5.41, 5.74) is 5.39. The normalized spacial score (nSPS) is 10.7. The van der Waals surface area contributed by atoms with Crippen LogP contribution in [-0.4, -0.2) is 29.6 Å². The Labute approximate surface area is 89.3 Å². The van der Waals surface area contributed by atoms with Gasteiger partial charge in [0, 0.05) is 25.7 Å². The van der Waals surface area contributed by atoms with Gasteiger partial charge < -0.3 is 15.6 Å². The first-order valence-electron chi connectivity index (χ1n) is 5.13. The van der Waals surface area contributed by atoms with Crippen LogP contribution in [0.1, 0.15) is 13.8 Å². The molecular formula is C10H18N4O. The predicted molar refractivity (Wildman–Crippen MR) is 61.0 cm³/mol. The summed E-state index contributed by atoms with van der Waals surface area (Å²) < 4.78 is 0. The van der Waals surface area contributed by atoms with E-state index in [1.165, 1.54) is 12.4 Å². The van der Waals surface area contributed by atoms with Crippen molar-refractivity contribution < 1.29 is 0 Å². The Balaban J connectivity index is 2.83. The Bertz CT molecular complexity index is 347. The van der Waals surface area contributed by atoms with Gasteiger partial charge in [-0.3, -0.25) is 4.79 Å². The summed E-state index contributed by atoms with van der Waals surface area (Å²) in [4.78, 5) is 19.8. The molecule has 1 rings (SSSR count). The molecule has 1 aromatic rings. The highest BCUT2D eigenvalue weighted by molar-refractivity contribution is 5.36. The van der Waals surface area contributed by atoms with Crippen molar-refractivity contribution in [3.05, 3.63) is 22.7 Å². The first kappa shape index (κ1) is 11.7. The molecule has 0 unspecified atom stereocenters. The standard InChI is InChI=1S/C10H18N4O/c1-8(2)6-14(4-3-11)9-5-10(15)13-7-12-9/h5,7-8H,3-4,6,11H2,1-2H3,(H,12,13,15). The largest absolute Gasteiger partial charge is 0.355 e. The van der Waals surface area contributed by atoms with Gasteiger partial charge in [-0.05, 0) is 5.92 Å². The summed E-state index contributed by atoms with van der Waals surface area (Å²) in [5, 5.41) is 0. The fourth-order valence-corrected chi connectivity index (χ4v) is 1.43. The fourth-order valence-electron chi connectivity index (χ4n) is 1.43. The monoisotopic (exact) mass is 210 g/mol. The first-order chi connectivity index (χ1) is 7.13. The molecule has 0 bridgehead atoms. The third-order valence-corrected chi connectivity index (χ3v) is 1.97. The minimum absolute atomic E-state index is 0.134. The van der Waals surface area contributed by atoms with Gasteiger partial charge in [-0.1, -0.05) is 13.8 Å². The second-order valence-electron chi connectivity index (χ2n) is 3.90. The van der Waals surface area contributed by atoms with E-state index in [0.717, 1.165) is 6.54 Å². The highest BCUT2D eigenvalue weighted by Crippen LogP contribution is 2.08. The molecule has 0 radical (unpaired) electrons. The maximum atomic E-state index is 11.1. The van der Waals surface area contributed by atoms with Gasteiger partial charge in [-0.25, -0.2) is 4.98 Å². The van der Waals surface area contributed by atoms with E-state index in [9.17, 15) is 4.79 Å². The molecule has 0 fully saturated rings. The molecule has 1 heterocycles. The lowest BCUT2D eigenvalue weighted by Crippen LogP contribution is -2.34. The lowest BCUT2D eigenvalue weighted by molar-refractivity contribution is 0.606. The molecule has 5 heteroatoms. The van der Waals surface area contributed by atoms with Gasteiger partial charge in [0.25, 0.3) is 5.56 Å². The molecule has 0 atom stereocenters. The van der Waals surface area contributed by atoms with Crippen LogP contribution in [0, 0.1) is 5.92 Å². The van der Waals surface area contributed by atoms with E-state index in [0.29, 0.717) is 24.8 Å². The molecule has 0 amide bonds. The minimum Gasteiger partial charge on any atom is -0.355 e. The van der Waals surface area contributed by atoms with Gasteiger partial charge in [0.2, 0.25) is 0 Å². The average Bonchev–Trinajstić information content (AvgIpc) is 2.16. The number of nitrogens with one attached hydrogen (secondary N) is 1. The summed E-state index contributed by atoms with van der Waals surface area (Å²) in [6.07, 6.45) is 1.42. The number of aromatic amines is 1. The van der Waals surface area contributed by atoms with Gasteiger partial charge in [-0.2, -0.15) is 0 Å². The summed E-state index contributed by atoms with van der Waals surface area (Å²) in [6, 6.07) is 1.50. The maximum Gasteiger partial charge on any atom is 0.252 e. The molecule has 0 aromatic carbocycles. The van der Waals surface area contributed by atoms with E-state index in [4.69, 9.17) is 5.73 Å². The smallest absolute Gasteiger partial charge is 0.252 e. The Hall–Kier alpha value is -1.36. The number of aromatic nitrogens is 2. The van der Waals surface area contributed by atoms with Gasteiger partial charge >= 0.3 is 0 Å². The van der Waals surface area contributed by atoms with Crippen LogP contribution >= 0.6 is 0 Å². The predicted octanol–water partition coefficient (Wildman–Crippen LogP) is 0.191. The van der Waals surface area contributed by atoms with Gasteiger partial charge in [0.1, 0.15) is 5.82 Å². The Morgan fingerprint density at radius 1 is 1.60 bits per heavy atom. The van der Waals surface area contributed by atoms with Gasteiger partial charge in [-0.15, -0.1) is 0 Å². The zero-order valence-corrected chi connectivity index (χ0v) is 9.23. The van der Waals surface area contributed by atoms with Crippen LogP contribution in [-0.2, 0) is 0 Å². The van der Waals surface area contributed by atoms with Crippen molar-refractivity contribution in [1.82, 2.24) is 9.97 Å². The molecule has 0 saturated heterocycles. The van der Waals surface area contributed by atoms with Crippen molar-refractivity contribution in [3.63, 3.8) is 0 Å². The van der Waals surface area contributed by atoms with Crippen molar-refractivity contribution in [2.24, 2.45) is 11.7 Å². The number of hydrogen-bond acceptors (Lipinski definition) is 4. The van der Waals surface area contributed by atoms with Crippen molar-refractivity contribution >= 4 is 5.82 Å². The van der Waals surface area contributed by atoms with Crippen LogP contribution in [0.4, 0.5) is 5.82 Å². The van der Waals surface area contributed by atoms with E-state index in [2.05, 4.69) is 23.8 Å². The quantitative estimate of drug-likeness (QED) is 0.727. The van der Waals surface area contributed by atoms with Crippen molar-refractivity contribution in [2.75, 3.05) is 24.5 Å². The van der Waals surface area contributed by atoms with Crippen LogP contribution < -0.4 is 16.2 Å². The molecule has 1 aromatic heterocycles. The molecule has 0 spiro atoms. The summed E-state index contributed by atoms with van der Waals surface area (Å²) >= 11 is 0. The summed E-state index contributed by atoms with van der Waals surface area (Å²) in [5.74, 6) is 1.20. The topological polar surface area (TPSA) is 75.0 Å². The van der Waals surface area contributed by atoms with Crippen LogP contribution in [0.2, 0.25) is 0 Å². The number of nitrogens with two attached hydrogens (primary N) is 1. The Kier molecular flexibility index (Phi) is 4.30. The van der Waals surface area contributed by atoms with E-state index >= 15 is 0 Å². The molecule has 0 aliphatic rings. The van der Waals surface area contributed by atoms with Crippen LogP contribution in [0.25, 0.3) is 0 Å². The Morgan fingerprint density at radius 2 is 2.33 bits per heavy atom. The number of rotatable bonds is 5. The maximum absolute atomic E-state index is 11.1. The van der Waals surface area contributed by atoms with Crippen LogP contribution in [0.5, 0.6) is 0 Å². The molecule has 0 aliphatic heterocycles. The third kappa shape index (κ3) is 3.71. The lowest BCUT2D eigenvalue weighted by Gasteiger charge is -2.24. The van der Waals surface area contributed by atoms with Crippen molar-refractivity contribution in [2.45, 2.75) is 13.8 Å². The summed E-state index contributed by atoms with van der Waals surface area (Å²) in [6.45, 7) is 6.37. The number of nitrogens with zero attached hydrogens (tertiary/aromatic N) is 2. The SMILES string of the molecule is CC(C)CN(CCN)c1cc(=O)[nH]cn1. The number of hydrogen-bond donors (Lipinski definition) is 2. The molecule has 5 nitrogen and oxygen atoms in total. The second kappa shape index (κ2) is 5.50. The van der Waals surface area contributed by atoms with Crippen LogP contribution in [0.15, 0.2) is 17.2 Å². The molecule has 0 aliphatic carbocycles. The van der Waals surface area contributed by atoms with Gasteiger partial charge in [0.05, 0.1) is 6.33 Å². The fraction of sp³-hybridized carbons (Fsp3) is 0.600. The second-order valence-corrected chi connectivity index (χ2v) is 3.90. The average molecular weight is 210 g/mol. The van der Waals surface area contributed by atoms with Crippen LogP contribution in [0.3, 0.4) is 0 Å². The number of H-pyrrole nitrogens is 1. The first-order valence-corrected chi connectivity index (χ1v) is 5.13. The van der Waals surface area contributed by atoms with E-state index in [1.54, 1.807) is 0 Å². The zero-order valence-electron chi connectivity index (χ0n) is 9.23. The Morgan fingerprint density at radius 3 is 2.87 bits per heavy atom. The highest BCUT2D eigenvalue weighted by Gasteiger charge is 2.08. The highest BCUT2D eigenvalue weighted by atomic mass is 16.1. The van der Waals surface area contributed by atoms with E-state index in [1.807, 2.05) is 4.90 Å². The molecule has 15 heavy (non-hydrogen) atoms. The third-order valence-electron chi connectivity index (χ3n) is 1.97. The lowest BCUT2D eigenvalue weighted by atomic mass is 10.2. The van der Waals surface area contributed by atoms with E-state index < -0.39 is 0 Å². The minimum atomic E-state index is -0.134. The zero-order chi connectivity index (χ0) is 11.3. The van der Waals surface area contributed by atoms with E-state index in [-0.39, 0.29) is 5.56 Å². The summed E-state index contributed by atoms with van der Waals surface area (Å²) in [7, 11) is 0. The molecular weight excluding hydrogens is 192 g/mol. The number of anilines is 1. The molecule has 3 N–H and O–H groups in total. The molecule has 0 saturated carbocycles. The van der Waals surface area contributed by atoms with Gasteiger partial charge in [0.15, 0.2) is 0 Å². The van der Waals surface area contributed by atoms with Crippen molar-refractivity contribution in [3.8, 4) is 0 Å². The molecule has 84 valence electrons. The van der Waals surface area contributed by atoms with Crippen molar-refractivity contribution in [1.29, 1.82) is 0 Å².